The van der Waals surface area contributed by atoms with Gasteiger partial charge in [0, 0.05) is 16.9 Å². The highest BCUT2D eigenvalue weighted by molar-refractivity contribution is 7.12. The number of rotatable bonds is 5. The molecule has 0 saturated carbocycles. The molecule has 2 aromatic rings. The van der Waals surface area contributed by atoms with Gasteiger partial charge in [-0.3, -0.25) is 4.68 Å². The first-order valence-corrected chi connectivity index (χ1v) is 7.90. The third kappa shape index (κ3) is 2.51. The Labute approximate surface area is 126 Å². The molecule has 2 aromatic heterocycles. The van der Waals surface area contributed by atoms with Crippen LogP contribution < -0.4 is 0 Å². The monoisotopic (exact) mass is 312 g/mol. The van der Waals surface area contributed by atoms with Crippen LogP contribution in [0.25, 0.3) is 0 Å². The number of aliphatic hydroxyl groups excluding tert-OH is 1. The Morgan fingerprint density at radius 3 is 3.15 bits per heavy atom. The number of aryl methyl sites for hydroxylation is 2. The van der Waals surface area contributed by atoms with E-state index in [0.29, 0.717) is 23.9 Å². The highest BCUT2D eigenvalue weighted by Gasteiger charge is 2.24. The van der Waals surface area contributed by atoms with Crippen LogP contribution in [0.4, 0.5) is 0 Å². The molecule has 1 aliphatic rings. The van der Waals surface area contributed by atoms with E-state index in [1.807, 2.05) is 0 Å². The second kappa shape index (κ2) is 5.85. The Morgan fingerprint density at radius 2 is 2.40 bits per heavy atom. The van der Waals surface area contributed by atoms with Crippen LogP contribution >= 0.6 is 22.9 Å². The first-order chi connectivity index (χ1) is 9.70. The Balaban J connectivity index is 1.89. The third-order valence-electron chi connectivity index (χ3n) is 3.63. The number of fused-ring (bicyclic) bond motifs is 1. The van der Waals surface area contributed by atoms with Crippen molar-refractivity contribution >= 4 is 22.9 Å². The van der Waals surface area contributed by atoms with E-state index in [4.69, 9.17) is 16.3 Å². The molecule has 1 N–H and O–H groups in total. The van der Waals surface area contributed by atoms with Crippen molar-refractivity contribution in [2.24, 2.45) is 0 Å². The molecule has 0 aliphatic heterocycles. The fourth-order valence-corrected chi connectivity index (χ4v) is 4.11. The molecule has 0 saturated heterocycles. The maximum absolute atomic E-state index is 10.6. The van der Waals surface area contributed by atoms with Crippen LogP contribution in [0.3, 0.4) is 0 Å². The summed E-state index contributed by atoms with van der Waals surface area (Å²) in [7, 11) is 1.64. The standard InChI is InChI=1S/C14H17ClN2O2S/c1-19-6-5-17-13(10(15)8-16-17)14(18)12-7-9-3-2-4-11(9)20-12/h7-8,14,18H,2-6H2,1H3. The van der Waals surface area contributed by atoms with Crippen molar-refractivity contribution in [3.8, 4) is 0 Å². The lowest BCUT2D eigenvalue weighted by Gasteiger charge is -2.12. The topological polar surface area (TPSA) is 47.3 Å². The highest BCUT2D eigenvalue weighted by Crippen LogP contribution is 2.37. The number of hydrogen-bond donors (Lipinski definition) is 1. The summed E-state index contributed by atoms with van der Waals surface area (Å²) in [6, 6.07) is 2.11. The van der Waals surface area contributed by atoms with Crippen LogP contribution in [-0.4, -0.2) is 28.6 Å². The molecule has 6 heteroatoms. The van der Waals surface area contributed by atoms with Gasteiger partial charge in [-0.05, 0) is 30.9 Å². The predicted octanol–water partition coefficient (Wildman–Crippen LogP) is 2.81. The number of hydrogen-bond acceptors (Lipinski definition) is 4. The fraction of sp³-hybridized carbons (Fsp3) is 0.500. The zero-order chi connectivity index (χ0) is 14.1. The minimum atomic E-state index is -0.711. The summed E-state index contributed by atoms with van der Waals surface area (Å²) >= 11 is 7.87. The van der Waals surface area contributed by atoms with Gasteiger partial charge in [0.15, 0.2) is 0 Å². The zero-order valence-electron chi connectivity index (χ0n) is 11.3. The largest absolute Gasteiger partial charge is 0.383 e. The molecule has 0 bridgehead atoms. The average molecular weight is 313 g/mol. The Kier molecular flexibility index (Phi) is 4.12. The summed E-state index contributed by atoms with van der Waals surface area (Å²) < 4.78 is 6.79. The summed E-state index contributed by atoms with van der Waals surface area (Å²) in [6.45, 7) is 1.12. The smallest absolute Gasteiger partial charge is 0.131 e. The summed E-state index contributed by atoms with van der Waals surface area (Å²) in [6.07, 6.45) is 4.34. The van der Waals surface area contributed by atoms with Gasteiger partial charge in [-0.25, -0.2) is 0 Å². The molecule has 3 rings (SSSR count). The van der Waals surface area contributed by atoms with Crippen LogP contribution in [0.5, 0.6) is 0 Å². The van der Waals surface area contributed by atoms with E-state index >= 15 is 0 Å². The number of methoxy groups -OCH3 is 1. The van der Waals surface area contributed by atoms with Crippen LogP contribution in [0, 0.1) is 0 Å². The molecule has 1 atom stereocenters. The van der Waals surface area contributed by atoms with Gasteiger partial charge < -0.3 is 9.84 Å². The lowest BCUT2D eigenvalue weighted by atomic mass is 10.1. The number of ether oxygens (including phenoxy) is 1. The van der Waals surface area contributed by atoms with Crippen molar-refractivity contribution < 1.29 is 9.84 Å². The van der Waals surface area contributed by atoms with Crippen molar-refractivity contribution in [2.75, 3.05) is 13.7 Å². The lowest BCUT2D eigenvalue weighted by molar-refractivity contribution is 0.172. The average Bonchev–Trinajstić information content (AvgIpc) is 3.09. The van der Waals surface area contributed by atoms with Gasteiger partial charge >= 0.3 is 0 Å². The van der Waals surface area contributed by atoms with Gasteiger partial charge in [0.2, 0.25) is 0 Å². The van der Waals surface area contributed by atoms with Gasteiger partial charge in [0.05, 0.1) is 30.1 Å². The number of nitrogens with zero attached hydrogens (tertiary/aromatic N) is 2. The first-order valence-electron chi connectivity index (χ1n) is 6.70. The summed E-state index contributed by atoms with van der Waals surface area (Å²) in [5, 5.41) is 15.3. The van der Waals surface area contributed by atoms with Crippen LogP contribution in [0.15, 0.2) is 12.3 Å². The molecular weight excluding hydrogens is 296 g/mol. The maximum atomic E-state index is 10.6. The normalized spacial score (nSPS) is 15.6. The molecular formula is C14H17ClN2O2S. The minimum Gasteiger partial charge on any atom is -0.383 e. The van der Waals surface area contributed by atoms with Crippen LogP contribution in [-0.2, 0) is 24.1 Å². The molecule has 0 spiro atoms. The van der Waals surface area contributed by atoms with E-state index < -0.39 is 6.10 Å². The fourth-order valence-electron chi connectivity index (χ4n) is 2.62. The maximum Gasteiger partial charge on any atom is 0.131 e. The van der Waals surface area contributed by atoms with Crippen molar-refractivity contribution in [3.05, 3.63) is 38.3 Å². The zero-order valence-corrected chi connectivity index (χ0v) is 12.9. The Bertz CT molecular complexity index is 587. The van der Waals surface area contributed by atoms with Crippen molar-refractivity contribution in [3.63, 3.8) is 0 Å². The van der Waals surface area contributed by atoms with Gasteiger partial charge in [0.1, 0.15) is 6.10 Å². The van der Waals surface area contributed by atoms with E-state index in [0.717, 1.165) is 17.7 Å². The van der Waals surface area contributed by atoms with Crippen molar-refractivity contribution in [1.82, 2.24) is 9.78 Å². The van der Waals surface area contributed by atoms with E-state index in [-0.39, 0.29) is 0 Å². The second-order valence-electron chi connectivity index (χ2n) is 4.95. The van der Waals surface area contributed by atoms with Gasteiger partial charge in [-0.1, -0.05) is 11.6 Å². The molecule has 0 radical (unpaired) electrons. The summed E-state index contributed by atoms with van der Waals surface area (Å²) in [5.74, 6) is 0. The first kappa shape index (κ1) is 14.1. The molecule has 0 amide bonds. The SMILES string of the molecule is COCCn1ncc(Cl)c1C(O)c1cc2c(s1)CCC2. The quantitative estimate of drug-likeness (QED) is 0.923. The van der Waals surface area contributed by atoms with E-state index in [9.17, 15) is 5.11 Å². The van der Waals surface area contributed by atoms with Crippen molar-refractivity contribution in [2.45, 2.75) is 31.9 Å². The lowest BCUT2D eigenvalue weighted by Crippen LogP contribution is -2.13. The predicted molar refractivity (Wildman–Crippen MR) is 79.5 cm³/mol. The molecule has 4 nitrogen and oxygen atoms in total. The molecule has 108 valence electrons. The van der Waals surface area contributed by atoms with Gasteiger partial charge in [-0.2, -0.15) is 5.10 Å². The Morgan fingerprint density at radius 1 is 1.55 bits per heavy atom. The molecule has 0 fully saturated rings. The highest BCUT2D eigenvalue weighted by atomic mass is 35.5. The van der Waals surface area contributed by atoms with Gasteiger partial charge in [-0.15, -0.1) is 11.3 Å². The molecule has 1 aliphatic carbocycles. The van der Waals surface area contributed by atoms with Crippen molar-refractivity contribution in [1.29, 1.82) is 0 Å². The number of aromatic nitrogens is 2. The molecule has 0 aromatic carbocycles. The summed E-state index contributed by atoms with van der Waals surface area (Å²) in [5.41, 5.74) is 2.03. The van der Waals surface area contributed by atoms with Crippen LogP contribution in [0.2, 0.25) is 5.02 Å². The molecule has 2 heterocycles. The van der Waals surface area contributed by atoms with Crippen LogP contribution in [0.1, 0.15) is 33.5 Å². The van der Waals surface area contributed by atoms with E-state index in [1.54, 1.807) is 29.3 Å². The van der Waals surface area contributed by atoms with Gasteiger partial charge in [0.25, 0.3) is 0 Å². The Hall–Kier alpha value is -0.880. The number of thiophene rings is 1. The second-order valence-corrected chi connectivity index (χ2v) is 6.52. The molecule has 1 unspecified atom stereocenters. The number of halogens is 1. The number of aliphatic hydroxyl groups is 1. The third-order valence-corrected chi connectivity index (χ3v) is 5.22. The van der Waals surface area contributed by atoms with E-state index in [2.05, 4.69) is 11.2 Å². The minimum absolute atomic E-state index is 0.502. The van der Waals surface area contributed by atoms with E-state index in [1.165, 1.54) is 16.9 Å². The summed E-state index contributed by atoms with van der Waals surface area (Å²) in [4.78, 5) is 2.36. The molecule has 20 heavy (non-hydrogen) atoms.